The maximum Gasteiger partial charge on any atom is 0.191 e. The predicted octanol–water partition coefficient (Wildman–Crippen LogP) is 3.22. The van der Waals surface area contributed by atoms with Crippen LogP contribution in [0, 0.1) is 13.8 Å². The molecule has 0 saturated heterocycles. The predicted molar refractivity (Wildman–Crippen MR) is 92.2 cm³/mol. The van der Waals surface area contributed by atoms with Gasteiger partial charge in [0, 0.05) is 26.3 Å². The van der Waals surface area contributed by atoms with E-state index in [1.807, 2.05) is 6.07 Å². The van der Waals surface area contributed by atoms with Gasteiger partial charge in [0.1, 0.15) is 5.15 Å². The Morgan fingerprint density at radius 3 is 2.55 bits per heavy atom. The van der Waals surface area contributed by atoms with Gasteiger partial charge in [0.15, 0.2) is 5.96 Å². The van der Waals surface area contributed by atoms with Crippen LogP contribution in [0.1, 0.15) is 22.3 Å². The van der Waals surface area contributed by atoms with Crippen molar-refractivity contribution in [2.24, 2.45) is 4.99 Å². The topological polar surface area (TPSA) is 49.3 Å². The van der Waals surface area contributed by atoms with Crippen molar-refractivity contribution in [1.29, 1.82) is 0 Å². The van der Waals surface area contributed by atoms with Crippen molar-refractivity contribution in [2.75, 3.05) is 7.05 Å². The number of aromatic nitrogens is 1. The van der Waals surface area contributed by atoms with E-state index in [0.29, 0.717) is 11.7 Å². The summed E-state index contributed by atoms with van der Waals surface area (Å²) in [5.41, 5.74) is 4.88. The van der Waals surface area contributed by atoms with Crippen LogP contribution in [0.3, 0.4) is 0 Å². The third kappa shape index (κ3) is 4.74. The molecule has 0 unspecified atom stereocenters. The summed E-state index contributed by atoms with van der Waals surface area (Å²) in [6.45, 7) is 5.62. The molecule has 0 fully saturated rings. The highest BCUT2D eigenvalue weighted by Crippen LogP contribution is 2.10. The number of rotatable bonds is 4. The molecule has 0 aliphatic heterocycles. The Balaban J connectivity index is 1.88. The molecule has 0 saturated carbocycles. The average molecular weight is 317 g/mol. The smallest absolute Gasteiger partial charge is 0.191 e. The maximum absolute atomic E-state index is 5.78. The molecule has 0 spiro atoms. The fourth-order valence-corrected chi connectivity index (χ4v) is 2.25. The van der Waals surface area contributed by atoms with E-state index in [2.05, 4.69) is 52.7 Å². The minimum absolute atomic E-state index is 0.501. The molecule has 1 aromatic carbocycles. The van der Waals surface area contributed by atoms with Crippen LogP contribution in [0.25, 0.3) is 0 Å². The number of nitrogens with one attached hydrogen (secondary N) is 2. The summed E-state index contributed by atoms with van der Waals surface area (Å²) in [6.07, 6.45) is 1.76. The molecule has 0 amide bonds. The summed E-state index contributed by atoms with van der Waals surface area (Å²) in [4.78, 5) is 8.29. The summed E-state index contributed by atoms with van der Waals surface area (Å²) in [7, 11) is 1.76. The minimum Gasteiger partial charge on any atom is -0.352 e. The van der Waals surface area contributed by atoms with Gasteiger partial charge in [-0.25, -0.2) is 4.98 Å². The number of aliphatic imine (C=N–C) groups is 1. The summed E-state index contributed by atoms with van der Waals surface area (Å²) in [5, 5.41) is 7.08. The molecule has 1 heterocycles. The van der Waals surface area contributed by atoms with Crippen LogP contribution in [-0.4, -0.2) is 18.0 Å². The number of hydrogen-bond donors (Lipinski definition) is 2. The first-order valence-corrected chi connectivity index (χ1v) is 7.57. The number of hydrogen-bond acceptors (Lipinski definition) is 2. The Labute approximate surface area is 136 Å². The van der Waals surface area contributed by atoms with Crippen LogP contribution in [0.15, 0.2) is 41.5 Å². The second-order valence-corrected chi connectivity index (χ2v) is 5.59. The van der Waals surface area contributed by atoms with Crippen LogP contribution < -0.4 is 10.6 Å². The van der Waals surface area contributed by atoms with Gasteiger partial charge in [-0.2, -0.15) is 0 Å². The van der Waals surface area contributed by atoms with Crippen LogP contribution in [-0.2, 0) is 13.1 Å². The highest BCUT2D eigenvalue weighted by molar-refractivity contribution is 6.29. The van der Waals surface area contributed by atoms with Crippen LogP contribution in [0.5, 0.6) is 0 Å². The highest BCUT2D eigenvalue weighted by Gasteiger charge is 2.02. The first-order chi connectivity index (χ1) is 10.6. The van der Waals surface area contributed by atoms with Crippen molar-refractivity contribution in [3.05, 3.63) is 63.9 Å². The van der Waals surface area contributed by atoms with Crippen molar-refractivity contribution >= 4 is 17.6 Å². The van der Waals surface area contributed by atoms with Gasteiger partial charge in [-0.1, -0.05) is 41.4 Å². The molecule has 0 aliphatic rings. The number of nitrogens with zero attached hydrogens (tertiary/aromatic N) is 2. The van der Waals surface area contributed by atoms with Crippen molar-refractivity contribution < 1.29 is 0 Å². The van der Waals surface area contributed by atoms with Gasteiger partial charge < -0.3 is 10.6 Å². The maximum atomic E-state index is 5.78. The Morgan fingerprint density at radius 2 is 1.91 bits per heavy atom. The van der Waals surface area contributed by atoms with E-state index in [9.17, 15) is 0 Å². The van der Waals surface area contributed by atoms with Crippen molar-refractivity contribution in [3.63, 3.8) is 0 Å². The highest BCUT2D eigenvalue weighted by atomic mass is 35.5. The number of aryl methyl sites for hydroxylation is 2. The van der Waals surface area contributed by atoms with Crippen LogP contribution in [0.4, 0.5) is 0 Å². The summed E-state index contributed by atoms with van der Waals surface area (Å²) >= 11 is 5.78. The Morgan fingerprint density at radius 1 is 1.14 bits per heavy atom. The van der Waals surface area contributed by atoms with Crippen molar-refractivity contribution in [1.82, 2.24) is 15.6 Å². The lowest BCUT2D eigenvalue weighted by Gasteiger charge is -2.13. The van der Waals surface area contributed by atoms with Gasteiger partial charge in [-0.05, 0) is 36.6 Å². The van der Waals surface area contributed by atoms with Crippen molar-refractivity contribution in [3.8, 4) is 0 Å². The second-order valence-electron chi connectivity index (χ2n) is 5.20. The Hall–Kier alpha value is -2.07. The lowest BCUT2D eigenvalue weighted by Crippen LogP contribution is -2.36. The van der Waals surface area contributed by atoms with Gasteiger partial charge in [0.05, 0.1) is 0 Å². The summed E-state index contributed by atoms with van der Waals surface area (Å²) in [5.74, 6) is 0.759. The molecule has 2 aromatic rings. The third-order valence-electron chi connectivity index (χ3n) is 3.42. The zero-order valence-corrected chi connectivity index (χ0v) is 13.9. The molecule has 0 bridgehead atoms. The molecule has 1 aromatic heterocycles. The molecule has 0 atom stereocenters. The molecule has 0 aliphatic carbocycles. The van der Waals surface area contributed by atoms with Gasteiger partial charge >= 0.3 is 0 Å². The SMILES string of the molecule is CN=C(NCc1ccc(Cl)nc1)NCc1ccc(C)cc1C. The summed E-state index contributed by atoms with van der Waals surface area (Å²) < 4.78 is 0. The number of pyridine rings is 1. The molecule has 2 N–H and O–H groups in total. The van der Waals surface area contributed by atoms with Crippen molar-refractivity contribution in [2.45, 2.75) is 26.9 Å². The third-order valence-corrected chi connectivity index (χ3v) is 3.64. The molecular formula is C17H21ClN4. The first-order valence-electron chi connectivity index (χ1n) is 7.19. The Bertz CT molecular complexity index is 650. The molecular weight excluding hydrogens is 296 g/mol. The average Bonchev–Trinajstić information content (AvgIpc) is 2.51. The fraction of sp³-hybridized carbons (Fsp3) is 0.294. The molecule has 22 heavy (non-hydrogen) atoms. The molecule has 0 radical (unpaired) electrons. The zero-order chi connectivity index (χ0) is 15.9. The fourth-order valence-electron chi connectivity index (χ4n) is 2.14. The summed E-state index contributed by atoms with van der Waals surface area (Å²) in [6, 6.07) is 10.2. The molecule has 4 nitrogen and oxygen atoms in total. The monoisotopic (exact) mass is 316 g/mol. The first kappa shape index (κ1) is 16.3. The normalized spacial score (nSPS) is 11.4. The standard InChI is InChI=1S/C17H21ClN4/c1-12-4-6-15(13(2)8-12)11-22-17(19-3)21-10-14-5-7-16(18)20-9-14/h4-9H,10-11H2,1-3H3,(H2,19,21,22). The lowest BCUT2D eigenvalue weighted by molar-refractivity contribution is 0.804. The van der Waals surface area contributed by atoms with Gasteiger partial charge in [0.25, 0.3) is 0 Å². The zero-order valence-electron chi connectivity index (χ0n) is 13.2. The Kier molecular flexibility index (Phi) is 5.78. The van der Waals surface area contributed by atoms with E-state index in [1.54, 1.807) is 19.3 Å². The van der Waals surface area contributed by atoms with E-state index in [1.165, 1.54) is 16.7 Å². The lowest BCUT2D eigenvalue weighted by atomic mass is 10.1. The van der Waals surface area contributed by atoms with Gasteiger partial charge in [0.2, 0.25) is 0 Å². The van der Waals surface area contributed by atoms with E-state index >= 15 is 0 Å². The van der Waals surface area contributed by atoms with E-state index in [-0.39, 0.29) is 0 Å². The number of benzene rings is 1. The second kappa shape index (κ2) is 7.80. The largest absolute Gasteiger partial charge is 0.352 e. The van der Waals surface area contributed by atoms with E-state index in [0.717, 1.165) is 18.1 Å². The number of guanidine groups is 1. The number of halogens is 1. The van der Waals surface area contributed by atoms with Crippen LogP contribution >= 0.6 is 11.6 Å². The molecule has 2 rings (SSSR count). The van der Waals surface area contributed by atoms with E-state index in [4.69, 9.17) is 11.6 Å². The van der Waals surface area contributed by atoms with Crippen LogP contribution in [0.2, 0.25) is 5.15 Å². The molecule has 116 valence electrons. The van der Waals surface area contributed by atoms with E-state index < -0.39 is 0 Å². The van der Waals surface area contributed by atoms with Gasteiger partial charge in [-0.15, -0.1) is 0 Å². The minimum atomic E-state index is 0.501. The molecule has 5 heteroatoms. The quantitative estimate of drug-likeness (QED) is 0.517. The van der Waals surface area contributed by atoms with Gasteiger partial charge in [-0.3, -0.25) is 4.99 Å².